The summed E-state index contributed by atoms with van der Waals surface area (Å²) in [5, 5.41) is 20.5. The van der Waals surface area contributed by atoms with Crippen molar-refractivity contribution in [2.24, 2.45) is 9.98 Å². The highest BCUT2D eigenvalue weighted by molar-refractivity contribution is 6.31. The summed E-state index contributed by atoms with van der Waals surface area (Å²) in [7, 11) is 0. The topological polar surface area (TPSA) is 65.2 Å². The zero-order chi connectivity index (χ0) is 18.1. The van der Waals surface area contributed by atoms with Crippen molar-refractivity contribution in [1.29, 1.82) is 0 Å². The van der Waals surface area contributed by atoms with E-state index in [4.69, 9.17) is 23.2 Å². The molecule has 2 N–H and O–H groups in total. The van der Waals surface area contributed by atoms with E-state index in [1.165, 1.54) is 0 Å². The van der Waals surface area contributed by atoms with E-state index >= 15 is 0 Å². The third-order valence-corrected chi connectivity index (χ3v) is 3.98. The molecule has 2 rings (SSSR count). The predicted molar refractivity (Wildman–Crippen MR) is 105 cm³/mol. The first-order valence-corrected chi connectivity index (χ1v) is 8.78. The largest absolute Gasteiger partial charge is 0.507 e. The van der Waals surface area contributed by atoms with E-state index in [1.54, 1.807) is 48.8 Å². The van der Waals surface area contributed by atoms with Gasteiger partial charge in [-0.15, -0.1) is 0 Å². The molecule has 0 heterocycles. The minimum absolute atomic E-state index is 0.173. The molecule has 0 bridgehead atoms. The summed E-state index contributed by atoms with van der Waals surface area (Å²) < 4.78 is 0. The molecule has 2 aromatic carbocycles. The minimum Gasteiger partial charge on any atom is -0.507 e. The molecule has 0 spiro atoms. The van der Waals surface area contributed by atoms with Gasteiger partial charge in [0.1, 0.15) is 11.5 Å². The Bertz CT molecular complexity index is 698. The monoisotopic (exact) mass is 378 g/mol. The van der Waals surface area contributed by atoms with Gasteiger partial charge in [0.15, 0.2) is 0 Å². The van der Waals surface area contributed by atoms with Gasteiger partial charge >= 0.3 is 0 Å². The second-order valence-corrected chi connectivity index (χ2v) is 6.41. The molecule has 0 amide bonds. The Kier molecular flexibility index (Phi) is 7.76. The van der Waals surface area contributed by atoms with Gasteiger partial charge in [0.2, 0.25) is 0 Å². The van der Waals surface area contributed by atoms with Crippen LogP contribution < -0.4 is 0 Å². The van der Waals surface area contributed by atoms with Crippen molar-refractivity contribution in [2.45, 2.75) is 19.3 Å². The second-order valence-electron chi connectivity index (χ2n) is 5.54. The highest BCUT2D eigenvalue weighted by Crippen LogP contribution is 2.20. The number of aromatic hydroxyl groups is 2. The smallest absolute Gasteiger partial charge is 0.124 e. The minimum atomic E-state index is 0.173. The number of nitrogens with zero attached hydrogens (tertiary/aromatic N) is 2. The van der Waals surface area contributed by atoms with Crippen LogP contribution in [0.5, 0.6) is 11.5 Å². The van der Waals surface area contributed by atoms with E-state index in [-0.39, 0.29) is 11.5 Å². The van der Waals surface area contributed by atoms with E-state index in [0.717, 1.165) is 19.3 Å². The van der Waals surface area contributed by atoms with Gasteiger partial charge in [-0.2, -0.15) is 0 Å². The van der Waals surface area contributed by atoms with Crippen molar-refractivity contribution >= 4 is 35.6 Å². The molecule has 0 saturated heterocycles. The summed E-state index contributed by atoms with van der Waals surface area (Å²) in [5.41, 5.74) is 1.25. The average Bonchev–Trinajstić information content (AvgIpc) is 2.59. The van der Waals surface area contributed by atoms with Gasteiger partial charge in [-0.05, 0) is 55.7 Å². The predicted octanol–water partition coefficient (Wildman–Crippen LogP) is 5.11. The van der Waals surface area contributed by atoms with Crippen LogP contribution in [0.2, 0.25) is 10.0 Å². The molecule has 0 saturated carbocycles. The Morgan fingerprint density at radius 3 is 1.60 bits per heavy atom. The number of hydrogen-bond donors (Lipinski definition) is 2. The number of unbranched alkanes of at least 4 members (excludes halogenated alkanes) is 2. The number of benzene rings is 2. The molecule has 132 valence electrons. The third kappa shape index (κ3) is 6.77. The molecule has 0 aliphatic heterocycles. The molecule has 6 heteroatoms. The molecule has 25 heavy (non-hydrogen) atoms. The normalized spacial score (nSPS) is 11.6. The molecule has 0 radical (unpaired) electrons. The number of aliphatic imine (C=N–C) groups is 2. The molecule has 0 fully saturated rings. The first-order valence-electron chi connectivity index (χ1n) is 8.03. The molecule has 0 atom stereocenters. The lowest BCUT2D eigenvalue weighted by molar-refractivity contribution is 0.474. The highest BCUT2D eigenvalue weighted by atomic mass is 35.5. The van der Waals surface area contributed by atoms with Crippen molar-refractivity contribution in [3.63, 3.8) is 0 Å². The van der Waals surface area contributed by atoms with Gasteiger partial charge in [0.25, 0.3) is 0 Å². The Labute approximate surface area is 157 Å². The lowest BCUT2D eigenvalue weighted by atomic mass is 10.2. The molecule has 4 nitrogen and oxygen atoms in total. The Balaban J connectivity index is 1.65. The maximum Gasteiger partial charge on any atom is 0.124 e. The maximum absolute atomic E-state index is 9.67. The van der Waals surface area contributed by atoms with Crippen LogP contribution >= 0.6 is 23.2 Å². The second kappa shape index (κ2) is 10.1. The van der Waals surface area contributed by atoms with Gasteiger partial charge in [-0.1, -0.05) is 23.2 Å². The maximum atomic E-state index is 9.67. The fraction of sp³-hybridized carbons (Fsp3) is 0.263. The Morgan fingerprint density at radius 2 is 1.16 bits per heavy atom. The van der Waals surface area contributed by atoms with E-state index in [9.17, 15) is 10.2 Å². The van der Waals surface area contributed by atoms with E-state index < -0.39 is 0 Å². The molecule has 0 aromatic heterocycles. The van der Waals surface area contributed by atoms with E-state index in [2.05, 4.69) is 9.98 Å². The molecule has 0 aliphatic carbocycles. The number of rotatable bonds is 8. The van der Waals surface area contributed by atoms with Crippen LogP contribution in [0.3, 0.4) is 0 Å². The van der Waals surface area contributed by atoms with Crippen LogP contribution in [0.15, 0.2) is 46.4 Å². The van der Waals surface area contributed by atoms with Crippen LogP contribution in [0.4, 0.5) is 0 Å². The zero-order valence-electron chi connectivity index (χ0n) is 13.7. The molecular formula is C19H20Cl2N2O2. The third-order valence-electron chi connectivity index (χ3n) is 3.51. The highest BCUT2D eigenvalue weighted by Gasteiger charge is 1.99. The summed E-state index contributed by atoms with van der Waals surface area (Å²) in [5.74, 6) is 0.346. The van der Waals surface area contributed by atoms with Gasteiger partial charge in [0.05, 0.1) is 0 Å². The van der Waals surface area contributed by atoms with Crippen LogP contribution in [0, 0.1) is 0 Å². The van der Waals surface area contributed by atoms with Crippen LogP contribution in [-0.2, 0) is 0 Å². The molecule has 0 aliphatic rings. The van der Waals surface area contributed by atoms with E-state index in [1.807, 2.05) is 0 Å². The fourth-order valence-corrected chi connectivity index (χ4v) is 2.53. The lowest BCUT2D eigenvalue weighted by Gasteiger charge is -2.00. The molecular weight excluding hydrogens is 359 g/mol. The molecule has 0 unspecified atom stereocenters. The van der Waals surface area contributed by atoms with Crippen molar-refractivity contribution in [3.05, 3.63) is 57.6 Å². The zero-order valence-corrected chi connectivity index (χ0v) is 15.2. The average molecular weight is 379 g/mol. The van der Waals surface area contributed by atoms with Crippen molar-refractivity contribution < 1.29 is 10.2 Å². The van der Waals surface area contributed by atoms with Crippen LogP contribution in [0.1, 0.15) is 30.4 Å². The lowest BCUT2D eigenvalue weighted by Crippen LogP contribution is -1.89. The SMILES string of the molecule is Oc1ccc(Cl)cc1C=NCCCCCN=Cc1cc(Cl)ccc1O. The molecule has 2 aromatic rings. The summed E-state index contributed by atoms with van der Waals surface area (Å²) >= 11 is 11.8. The summed E-state index contributed by atoms with van der Waals surface area (Å²) in [6.07, 6.45) is 6.16. The van der Waals surface area contributed by atoms with Crippen molar-refractivity contribution in [2.75, 3.05) is 13.1 Å². The van der Waals surface area contributed by atoms with Gasteiger partial charge < -0.3 is 10.2 Å². The number of phenols is 2. The number of hydrogen-bond acceptors (Lipinski definition) is 4. The quantitative estimate of drug-likeness (QED) is 0.494. The summed E-state index contributed by atoms with van der Waals surface area (Å²) in [6, 6.07) is 9.75. The van der Waals surface area contributed by atoms with Crippen LogP contribution in [-0.4, -0.2) is 35.7 Å². The first kappa shape index (κ1) is 19.3. The summed E-state index contributed by atoms with van der Waals surface area (Å²) in [4.78, 5) is 8.60. The van der Waals surface area contributed by atoms with Gasteiger partial charge in [-0.3, -0.25) is 9.98 Å². The Hall–Kier alpha value is -2.04. The van der Waals surface area contributed by atoms with Gasteiger partial charge in [-0.25, -0.2) is 0 Å². The van der Waals surface area contributed by atoms with Crippen molar-refractivity contribution in [3.8, 4) is 11.5 Å². The number of halogens is 2. The van der Waals surface area contributed by atoms with E-state index in [0.29, 0.717) is 34.3 Å². The number of phenolic OH excluding ortho intramolecular Hbond substituents is 2. The first-order chi connectivity index (χ1) is 12.1. The van der Waals surface area contributed by atoms with Gasteiger partial charge in [0, 0.05) is 46.7 Å². The van der Waals surface area contributed by atoms with Crippen LogP contribution in [0.25, 0.3) is 0 Å². The standard InChI is InChI=1S/C19H20Cl2N2O2/c20-16-4-6-18(24)14(10-16)12-22-8-2-1-3-9-23-13-15-11-17(21)5-7-19(15)25/h4-7,10-13,24-25H,1-3,8-9H2. The Morgan fingerprint density at radius 1 is 0.720 bits per heavy atom. The van der Waals surface area contributed by atoms with Crippen molar-refractivity contribution in [1.82, 2.24) is 0 Å². The fourth-order valence-electron chi connectivity index (χ4n) is 2.17. The summed E-state index contributed by atoms with van der Waals surface area (Å²) in [6.45, 7) is 1.37.